The number of aliphatic hydroxyl groups is 5. The van der Waals surface area contributed by atoms with Crippen LogP contribution in [0.3, 0.4) is 0 Å². The number of aryl methyl sites for hydroxylation is 2. The summed E-state index contributed by atoms with van der Waals surface area (Å²) in [6.45, 7) is 1.38. The van der Waals surface area contributed by atoms with Gasteiger partial charge in [-0.1, -0.05) is 0 Å². The molecule has 3 aliphatic heterocycles. The van der Waals surface area contributed by atoms with E-state index in [1.807, 2.05) is 18.8 Å². The molecule has 8 atom stereocenters. The van der Waals surface area contributed by atoms with E-state index in [1.54, 1.807) is 12.1 Å². The van der Waals surface area contributed by atoms with Gasteiger partial charge in [0.25, 0.3) is 5.56 Å². The number of nitrogens with zero attached hydrogens (tertiary/aromatic N) is 7. The van der Waals surface area contributed by atoms with Crippen LogP contribution in [0, 0.1) is 13.8 Å². The van der Waals surface area contributed by atoms with E-state index in [0.717, 1.165) is 11.1 Å². The zero-order chi connectivity index (χ0) is 35.4. The lowest BCUT2D eigenvalue weighted by Gasteiger charge is -2.26. The number of aromatic amines is 1. The van der Waals surface area contributed by atoms with Gasteiger partial charge in [-0.2, -0.15) is 4.98 Å². The van der Waals surface area contributed by atoms with Crippen molar-refractivity contribution in [3.8, 4) is 11.5 Å². The minimum atomic E-state index is -4.97. The average molecular weight is 706 g/mol. The number of phosphoric acid groups is 1. The van der Waals surface area contributed by atoms with Crippen molar-refractivity contribution in [1.82, 2.24) is 39.0 Å². The molecule has 0 saturated carbocycles. The van der Waals surface area contributed by atoms with E-state index < -0.39 is 81.7 Å². The first-order valence-electron chi connectivity index (χ1n) is 14.7. The highest BCUT2D eigenvalue weighted by atomic mass is 31.2. The Morgan fingerprint density at radius 2 is 1.78 bits per heavy atom. The fraction of sp³-hybridized carbons (Fsp3) is 0.444. The van der Waals surface area contributed by atoms with Crippen molar-refractivity contribution >= 4 is 35.8 Å². The number of phosphoric ester groups is 1. The molecule has 5 heterocycles. The summed E-state index contributed by atoms with van der Waals surface area (Å²) in [5.74, 6) is -0.110. The zero-order valence-corrected chi connectivity index (χ0v) is 26.7. The van der Waals surface area contributed by atoms with Gasteiger partial charge < -0.3 is 45.5 Å². The van der Waals surface area contributed by atoms with Crippen molar-refractivity contribution in [2.75, 3.05) is 18.9 Å². The summed E-state index contributed by atoms with van der Waals surface area (Å²) in [7, 11) is -4.97. The number of hydrogen-bond donors (Lipinski definition) is 8. The minimum absolute atomic E-state index is 0.0737. The van der Waals surface area contributed by atoms with Crippen LogP contribution in [0.4, 0.5) is 5.82 Å². The number of nitrogens with two attached hydrogens (primary N) is 1. The number of imidazole rings is 1. The second-order valence-corrected chi connectivity index (χ2v) is 13.0. The van der Waals surface area contributed by atoms with Gasteiger partial charge in [0.1, 0.15) is 48.5 Å². The van der Waals surface area contributed by atoms with Gasteiger partial charge in [-0.15, -0.1) is 0 Å². The molecule has 1 fully saturated rings. The summed E-state index contributed by atoms with van der Waals surface area (Å²) < 4.78 is 30.6. The number of nitrogens with one attached hydrogen (secondary N) is 1. The second-order valence-electron chi connectivity index (χ2n) is 11.5. The van der Waals surface area contributed by atoms with Crippen molar-refractivity contribution < 1.29 is 48.8 Å². The summed E-state index contributed by atoms with van der Waals surface area (Å²) in [6.07, 6.45) is -8.95. The van der Waals surface area contributed by atoms with E-state index in [4.69, 9.17) is 19.5 Å². The number of aromatic nitrogens is 8. The molecule has 3 aromatic rings. The van der Waals surface area contributed by atoms with Crippen LogP contribution in [0.15, 0.2) is 34.4 Å². The molecule has 22 heteroatoms. The average Bonchev–Trinajstić information content (AvgIpc) is 3.60. The van der Waals surface area contributed by atoms with Gasteiger partial charge >= 0.3 is 13.5 Å². The molecular formula is C27H32N9O12P. The van der Waals surface area contributed by atoms with Gasteiger partial charge in [-0.25, -0.2) is 29.3 Å². The molecule has 1 saturated heterocycles. The number of anilines is 1. The van der Waals surface area contributed by atoms with Crippen molar-refractivity contribution in [2.45, 2.75) is 63.2 Å². The van der Waals surface area contributed by atoms with Crippen LogP contribution in [-0.2, 0) is 24.9 Å². The molecule has 0 amide bonds. The van der Waals surface area contributed by atoms with E-state index in [2.05, 4.69) is 24.9 Å². The smallest absolute Gasteiger partial charge is 0.388 e. The lowest BCUT2D eigenvalue weighted by atomic mass is 10.1. The lowest BCUT2D eigenvalue weighted by molar-refractivity contribution is -0.0822. The fourth-order valence-corrected chi connectivity index (χ4v) is 6.16. The van der Waals surface area contributed by atoms with Gasteiger partial charge in [-0.05, 0) is 37.1 Å². The molecule has 0 spiro atoms. The Bertz CT molecular complexity index is 2160. The van der Waals surface area contributed by atoms with Gasteiger partial charge in [0, 0.05) is 0 Å². The van der Waals surface area contributed by atoms with E-state index in [-0.39, 0.29) is 28.5 Å². The van der Waals surface area contributed by atoms with Crippen molar-refractivity contribution in [3.63, 3.8) is 0 Å². The van der Waals surface area contributed by atoms with Crippen LogP contribution < -0.4 is 17.0 Å². The number of aliphatic hydroxyl groups excluding tert-OH is 5. The molecule has 1 unspecified atom stereocenters. The molecule has 49 heavy (non-hydrogen) atoms. The Kier molecular flexibility index (Phi) is 9.32. The monoisotopic (exact) mass is 705 g/mol. The van der Waals surface area contributed by atoms with Crippen molar-refractivity contribution in [2.24, 2.45) is 0 Å². The maximum absolute atomic E-state index is 12.6. The van der Waals surface area contributed by atoms with Crippen molar-refractivity contribution in [1.29, 1.82) is 0 Å². The van der Waals surface area contributed by atoms with Crippen LogP contribution in [0.25, 0.3) is 33.7 Å². The molecule has 3 aliphatic rings. The van der Waals surface area contributed by atoms with Crippen LogP contribution in [-0.4, -0.2) is 119 Å². The fourth-order valence-electron chi connectivity index (χ4n) is 5.41. The van der Waals surface area contributed by atoms with Crippen LogP contribution in [0.1, 0.15) is 17.4 Å². The van der Waals surface area contributed by atoms with Crippen molar-refractivity contribution in [3.05, 3.63) is 56.8 Å². The summed E-state index contributed by atoms with van der Waals surface area (Å²) in [5.41, 5.74) is 6.57. The predicted molar refractivity (Wildman–Crippen MR) is 166 cm³/mol. The van der Waals surface area contributed by atoms with Gasteiger partial charge in [0.05, 0.1) is 37.1 Å². The van der Waals surface area contributed by atoms with Gasteiger partial charge in [0.15, 0.2) is 29.2 Å². The third kappa shape index (κ3) is 6.68. The first-order chi connectivity index (χ1) is 23.1. The molecule has 21 nitrogen and oxygen atoms in total. The normalized spacial score (nSPS) is 22.9. The maximum atomic E-state index is 12.6. The number of nitrogen functional groups attached to an aromatic ring is 1. The highest BCUT2D eigenvalue weighted by Gasteiger charge is 2.45. The first-order valence-corrected chi connectivity index (χ1v) is 16.2. The van der Waals surface area contributed by atoms with Crippen LogP contribution >= 0.6 is 7.82 Å². The number of fused-ring (bicyclic) bond motifs is 3. The molecule has 1 aromatic carbocycles. The Morgan fingerprint density at radius 1 is 1.04 bits per heavy atom. The highest BCUT2D eigenvalue weighted by Crippen LogP contribution is 2.44. The minimum Gasteiger partial charge on any atom is -0.388 e. The van der Waals surface area contributed by atoms with Gasteiger partial charge in [-0.3, -0.25) is 23.4 Å². The summed E-state index contributed by atoms with van der Waals surface area (Å²) in [5, 5.41) is 53.2. The largest absolute Gasteiger partial charge is 0.472 e. The van der Waals surface area contributed by atoms with E-state index in [1.165, 1.54) is 21.8 Å². The maximum Gasteiger partial charge on any atom is 0.472 e. The molecule has 2 aromatic heterocycles. The topological polar surface area (TPSA) is 316 Å². The lowest BCUT2D eigenvalue weighted by Crippen LogP contribution is -2.42. The van der Waals surface area contributed by atoms with E-state index in [9.17, 15) is 44.6 Å². The summed E-state index contributed by atoms with van der Waals surface area (Å²) in [6, 6.07) is 3.38. The standard InChI is InChI=1S/C27H32N9O12P/c1-10-3-12-13(4-11(10)2)35(24-18(32-12)25(42)34-27(43)33-24)5-14(37)19(39)15(38)6-46-49(44,45)47-7-16-20(40)21(41)26(48-16)36-9-31-17-22(28)29-8-30-23(17)36/h3-4,8-9,14-16,19-21,26,37-41H,5-7H2,1-2H3,(H,44,45)(H2,28,29,30)(H,34,42,43)/t14-,15+,16-,19-,20-,21-,26-/m1/s1. The zero-order valence-electron chi connectivity index (χ0n) is 25.8. The Balaban J connectivity index is 1.10. The molecule has 0 bridgehead atoms. The third-order valence-electron chi connectivity index (χ3n) is 8.19. The van der Waals surface area contributed by atoms with Gasteiger partial charge in [0.2, 0.25) is 0 Å². The Morgan fingerprint density at radius 3 is 2.53 bits per heavy atom. The molecular weight excluding hydrogens is 673 g/mol. The highest BCUT2D eigenvalue weighted by molar-refractivity contribution is 7.47. The number of rotatable bonds is 11. The SMILES string of the molecule is Cc1cc2nc3c(=O)[nH]c(=O)nc-3n(C[C@@H](O)[C@@H](O)[C@@H](O)COP(=O)(O)OC[C@H]3O[C@@H](n4cnc5c(N)ncnc54)[C@H](O)[C@@H]3O)c2cc1C. The number of hydrogen-bond acceptors (Lipinski definition) is 17. The second kappa shape index (κ2) is 13.2. The Hall–Kier alpha value is -4.28. The number of benzene rings is 1. The van der Waals surface area contributed by atoms with E-state index >= 15 is 0 Å². The van der Waals surface area contributed by atoms with E-state index in [0.29, 0.717) is 11.0 Å². The third-order valence-corrected chi connectivity index (χ3v) is 9.14. The molecule has 0 radical (unpaired) electrons. The quantitative estimate of drug-likeness (QED) is 0.0518. The number of H-pyrrole nitrogens is 1. The molecule has 262 valence electrons. The molecule has 6 rings (SSSR count). The summed E-state index contributed by atoms with van der Waals surface area (Å²) >= 11 is 0. The first kappa shape index (κ1) is 34.6. The summed E-state index contributed by atoms with van der Waals surface area (Å²) in [4.78, 5) is 56.9. The molecule has 0 aliphatic carbocycles. The predicted octanol–water partition coefficient (Wildman–Crippen LogP) is -2.54. The Labute approximate surface area is 274 Å². The molecule has 9 N–H and O–H groups in total. The van der Waals surface area contributed by atoms with Crippen LogP contribution in [0.2, 0.25) is 0 Å². The number of ether oxygens (including phenoxy) is 1. The van der Waals surface area contributed by atoms with Crippen LogP contribution in [0.5, 0.6) is 0 Å².